The number of likely N-dealkylation sites (tertiary alicyclic amines) is 1. The number of carbonyl (C=O) groups excluding carboxylic acids is 1. The average molecular weight is 261 g/mol. The van der Waals surface area contributed by atoms with Crippen molar-refractivity contribution in [3.05, 3.63) is 29.8 Å². The predicted molar refractivity (Wildman–Crippen MR) is 77.9 cm³/mol. The molecule has 0 radical (unpaired) electrons. The number of nitrogens with one attached hydrogen (secondary N) is 1. The minimum absolute atomic E-state index is 0.00371. The predicted octanol–water partition coefficient (Wildman–Crippen LogP) is 2.80. The molecule has 0 unspecified atom stereocenters. The van der Waals surface area contributed by atoms with Crippen LogP contribution in [0.4, 0.5) is 10.5 Å². The Balaban J connectivity index is 1.90. The van der Waals surface area contributed by atoms with Gasteiger partial charge in [0.2, 0.25) is 0 Å². The van der Waals surface area contributed by atoms with E-state index in [0.29, 0.717) is 12.0 Å². The molecule has 4 nitrogen and oxygen atoms in total. The molecule has 1 saturated heterocycles. The number of piperidine rings is 1. The van der Waals surface area contributed by atoms with Gasteiger partial charge in [-0.25, -0.2) is 4.79 Å². The number of urea groups is 1. The SMILES string of the molecule is CC1(C)CCN(C(=O)Nc2ccc(CN)cc2)CC1. The molecule has 1 aromatic carbocycles. The summed E-state index contributed by atoms with van der Waals surface area (Å²) in [5, 5.41) is 2.94. The highest BCUT2D eigenvalue weighted by Gasteiger charge is 2.27. The first-order valence-corrected chi connectivity index (χ1v) is 6.85. The van der Waals surface area contributed by atoms with Gasteiger partial charge in [0.05, 0.1) is 0 Å². The highest BCUT2D eigenvalue weighted by Crippen LogP contribution is 2.29. The molecule has 0 atom stereocenters. The van der Waals surface area contributed by atoms with Crippen LogP contribution in [0.1, 0.15) is 32.3 Å². The first-order chi connectivity index (χ1) is 9.00. The summed E-state index contributed by atoms with van der Waals surface area (Å²) in [6, 6.07) is 7.67. The van der Waals surface area contributed by atoms with Gasteiger partial charge in [-0.1, -0.05) is 26.0 Å². The summed E-state index contributed by atoms with van der Waals surface area (Å²) in [5.41, 5.74) is 7.80. The molecule has 0 bridgehead atoms. The standard InChI is InChI=1S/C15H23N3O/c1-15(2)7-9-18(10-8-15)14(19)17-13-5-3-12(11-16)4-6-13/h3-6H,7-11,16H2,1-2H3,(H,17,19). The fourth-order valence-electron chi connectivity index (χ4n) is 2.24. The Kier molecular flexibility index (Phi) is 4.10. The van der Waals surface area contributed by atoms with E-state index in [2.05, 4.69) is 19.2 Å². The van der Waals surface area contributed by atoms with E-state index in [1.807, 2.05) is 29.2 Å². The fourth-order valence-corrected chi connectivity index (χ4v) is 2.24. The molecule has 1 aliphatic heterocycles. The third kappa shape index (κ3) is 3.70. The molecule has 0 saturated carbocycles. The summed E-state index contributed by atoms with van der Waals surface area (Å²) in [6.07, 6.45) is 2.12. The van der Waals surface area contributed by atoms with Crippen LogP contribution in [0.5, 0.6) is 0 Å². The third-order valence-electron chi connectivity index (χ3n) is 3.85. The van der Waals surface area contributed by atoms with E-state index in [-0.39, 0.29) is 6.03 Å². The Hall–Kier alpha value is -1.55. The van der Waals surface area contributed by atoms with E-state index in [4.69, 9.17) is 5.73 Å². The second kappa shape index (κ2) is 5.61. The lowest BCUT2D eigenvalue weighted by Crippen LogP contribution is -2.43. The molecular formula is C15H23N3O. The largest absolute Gasteiger partial charge is 0.326 e. The number of anilines is 1. The topological polar surface area (TPSA) is 58.4 Å². The smallest absolute Gasteiger partial charge is 0.321 e. The third-order valence-corrected chi connectivity index (χ3v) is 3.85. The second-order valence-corrected chi connectivity index (χ2v) is 5.98. The second-order valence-electron chi connectivity index (χ2n) is 5.98. The van der Waals surface area contributed by atoms with Crippen molar-refractivity contribution >= 4 is 11.7 Å². The number of amides is 2. The van der Waals surface area contributed by atoms with Crippen LogP contribution in [-0.4, -0.2) is 24.0 Å². The van der Waals surface area contributed by atoms with Gasteiger partial charge in [0.1, 0.15) is 0 Å². The van der Waals surface area contributed by atoms with E-state index >= 15 is 0 Å². The van der Waals surface area contributed by atoms with E-state index in [1.165, 1.54) is 0 Å². The lowest BCUT2D eigenvalue weighted by atomic mass is 9.83. The molecule has 1 aromatic rings. The number of rotatable bonds is 2. The Morgan fingerprint density at radius 1 is 1.26 bits per heavy atom. The van der Waals surface area contributed by atoms with Crippen molar-refractivity contribution in [2.24, 2.45) is 11.1 Å². The Morgan fingerprint density at radius 3 is 2.37 bits per heavy atom. The van der Waals surface area contributed by atoms with Crippen molar-refractivity contribution in [3.8, 4) is 0 Å². The summed E-state index contributed by atoms with van der Waals surface area (Å²) in [5.74, 6) is 0. The first-order valence-electron chi connectivity index (χ1n) is 6.85. The molecule has 0 spiro atoms. The van der Waals surface area contributed by atoms with Crippen molar-refractivity contribution in [1.82, 2.24) is 4.90 Å². The van der Waals surface area contributed by atoms with Crippen LogP contribution in [0.25, 0.3) is 0 Å². The summed E-state index contributed by atoms with van der Waals surface area (Å²) in [7, 11) is 0. The van der Waals surface area contributed by atoms with Gasteiger partial charge in [-0.3, -0.25) is 0 Å². The van der Waals surface area contributed by atoms with E-state index < -0.39 is 0 Å². The normalized spacial score (nSPS) is 18.2. The number of carbonyl (C=O) groups is 1. The van der Waals surface area contributed by atoms with Gasteiger partial charge in [-0.2, -0.15) is 0 Å². The minimum Gasteiger partial charge on any atom is -0.326 e. The molecule has 0 aromatic heterocycles. The Labute approximate surface area is 115 Å². The van der Waals surface area contributed by atoms with Crippen LogP contribution in [-0.2, 0) is 6.54 Å². The molecule has 1 aliphatic rings. The van der Waals surface area contributed by atoms with Crippen molar-refractivity contribution in [2.45, 2.75) is 33.2 Å². The van der Waals surface area contributed by atoms with Gasteiger partial charge in [-0.15, -0.1) is 0 Å². The van der Waals surface area contributed by atoms with Gasteiger partial charge in [-0.05, 0) is 36.0 Å². The van der Waals surface area contributed by atoms with Gasteiger partial charge in [0.15, 0.2) is 0 Å². The maximum atomic E-state index is 12.1. The van der Waals surface area contributed by atoms with Crippen molar-refractivity contribution in [3.63, 3.8) is 0 Å². The molecule has 2 amide bonds. The van der Waals surface area contributed by atoms with Crippen LogP contribution >= 0.6 is 0 Å². The van der Waals surface area contributed by atoms with Crippen LogP contribution < -0.4 is 11.1 Å². The number of nitrogens with zero attached hydrogens (tertiary/aromatic N) is 1. The van der Waals surface area contributed by atoms with Crippen LogP contribution in [0.15, 0.2) is 24.3 Å². The lowest BCUT2D eigenvalue weighted by molar-refractivity contribution is 0.149. The van der Waals surface area contributed by atoms with E-state index in [1.54, 1.807) is 0 Å². The van der Waals surface area contributed by atoms with Crippen molar-refractivity contribution in [2.75, 3.05) is 18.4 Å². The van der Waals surface area contributed by atoms with Crippen LogP contribution in [0, 0.1) is 5.41 Å². The molecule has 19 heavy (non-hydrogen) atoms. The molecule has 4 heteroatoms. The molecule has 3 N–H and O–H groups in total. The van der Waals surface area contributed by atoms with Crippen molar-refractivity contribution in [1.29, 1.82) is 0 Å². The zero-order chi connectivity index (χ0) is 13.9. The van der Waals surface area contributed by atoms with Gasteiger partial charge in [0.25, 0.3) is 0 Å². The number of benzene rings is 1. The maximum Gasteiger partial charge on any atom is 0.321 e. The highest BCUT2D eigenvalue weighted by molar-refractivity contribution is 5.89. The molecule has 1 fully saturated rings. The lowest BCUT2D eigenvalue weighted by Gasteiger charge is -2.36. The molecule has 104 valence electrons. The molecule has 1 heterocycles. The molecule has 0 aliphatic carbocycles. The Bertz CT molecular complexity index is 429. The van der Waals surface area contributed by atoms with E-state index in [9.17, 15) is 4.79 Å². The monoisotopic (exact) mass is 261 g/mol. The minimum atomic E-state index is -0.00371. The van der Waals surface area contributed by atoms with Crippen molar-refractivity contribution < 1.29 is 4.79 Å². The van der Waals surface area contributed by atoms with Crippen LogP contribution in [0.3, 0.4) is 0 Å². The fraction of sp³-hybridized carbons (Fsp3) is 0.533. The average Bonchev–Trinajstić information content (AvgIpc) is 2.39. The van der Waals surface area contributed by atoms with Gasteiger partial charge < -0.3 is 16.0 Å². The first kappa shape index (κ1) is 13.9. The summed E-state index contributed by atoms with van der Waals surface area (Å²) in [4.78, 5) is 14.0. The number of hydrogen-bond acceptors (Lipinski definition) is 2. The maximum absolute atomic E-state index is 12.1. The van der Waals surface area contributed by atoms with E-state index in [0.717, 1.165) is 37.2 Å². The summed E-state index contributed by atoms with van der Waals surface area (Å²) < 4.78 is 0. The van der Waals surface area contributed by atoms with Crippen LogP contribution in [0.2, 0.25) is 0 Å². The van der Waals surface area contributed by atoms with Gasteiger partial charge in [0, 0.05) is 25.3 Å². The number of nitrogens with two attached hydrogens (primary N) is 1. The summed E-state index contributed by atoms with van der Waals surface area (Å²) in [6.45, 7) is 6.70. The zero-order valence-electron chi connectivity index (χ0n) is 11.8. The molecule has 2 rings (SSSR count). The summed E-state index contributed by atoms with van der Waals surface area (Å²) >= 11 is 0. The number of hydrogen-bond donors (Lipinski definition) is 2. The quantitative estimate of drug-likeness (QED) is 0.860. The zero-order valence-corrected chi connectivity index (χ0v) is 11.8. The molecular weight excluding hydrogens is 238 g/mol. The Morgan fingerprint density at radius 2 is 1.84 bits per heavy atom. The van der Waals surface area contributed by atoms with Gasteiger partial charge >= 0.3 is 6.03 Å². The highest BCUT2D eigenvalue weighted by atomic mass is 16.2.